The number of nitrogens with zero attached hydrogens (tertiary/aromatic N) is 4. The van der Waals surface area contributed by atoms with Crippen molar-refractivity contribution in [2.24, 2.45) is 7.05 Å². The molecule has 142 valence electrons. The van der Waals surface area contributed by atoms with E-state index in [9.17, 15) is 9.59 Å². The number of hydrogen-bond donors (Lipinski definition) is 0. The summed E-state index contributed by atoms with van der Waals surface area (Å²) in [5.74, 6) is 1.30. The predicted octanol–water partition coefficient (Wildman–Crippen LogP) is 3.28. The first-order valence-electron chi connectivity index (χ1n) is 9.45. The molecule has 0 atom stereocenters. The summed E-state index contributed by atoms with van der Waals surface area (Å²) >= 11 is 5.95. The second kappa shape index (κ2) is 7.00. The smallest absolute Gasteiger partial charge is 0.325 e. The molecule has 1 aromatic carbocycles. The first kappa shape index (κ1) is 18.0. The van der Waals surface area contributed by atoms with Crippen molar-refractivity contribution in [1.29, 1.82) is 0 Å². The number of imidazole rings is 1. The van der Waals surface area contributed by atoms with Gasteiger partial charge in [-0.2, -0.15) is 0 Å². The Morgan fingerprint density at radius 3 is 2.44 bits per heavy atom. The van der Waals surface area contributed by atoms with E-state index >= 15 is 0 Å². The van der Waals surface area contributed by atoms with Crippen molar-refractivity contribution in [2.75, 3.05) is 0 Å². The Morgan fingerprint density at radius 2 is 1.85 bits per heavy atom. The summed E-state index contributed by atoms with van der Waals surface area (Å²) in [6.45, 7) is 2.78. The van der Waals surface area contributed by atoms with E-state index in [0.29, 0.717) is 28.6 Å². The topological polar surface area (TPSA) is 61.8 Å². The maximum Gasteiger partial charge on any atom is 0.333 e. The van der Waals surface area contributed by atoms with E-state index in [4.69, 9.17) is 16.6 Å². The molecule has 6 nitrogen and oxygen atoms in total. The van der Waals surface area contributed by atoms with Gasteiger partial charge in [0.15, 0.2) is 11.2 Å². The van der Waals surface area contributed by atoms with Gasteiger partial charge in [0.05, 0.1) is 6.54 Å². The fourth-order valence-corrected chi connectivity index (χ4v) is 3.87. The number of hydrogen-bond acceptors (Lipinski definition) is 3. The highest BCUT2D eigenvalue weighted by atomic mass is 35.5. The van der Waals surface area contributed by atoms with E-state index in [1.165, 1.54) is 11.0 Å². The van der Waals surface area contributed by atoms with Gasteiger partial charge in [-0.1, -0.05) is 37.1 Å². The molecule has 0 spiro atoms. The minimum absolute atomic E-state index is 0.221. The summed E-state index contributed by atoms with van der Waals surface area (Å²) in [5.41, 5.74) is 1.31. The van der Waals surface area contributed by atoms with Crippen molar-refractivity contribution in [3.63, 3.8) is 0 Å². The van der Waals surface area contributed by atoms with E-state index in [-0.39, 0.29) is 17.8 Å². The lowest BCUT2D eigenvalue weighted by Gasteiger charge is -2.24. The average Bonchev–Trinajstić information content (AvgIpc) is 2.93. The Labute approximate surface area is 162 Å². The lowest BCUT2D eigenvalue weighted by molar-refractivity contribution is 0.394. The zero-order valence-corrected chi connectivity index (χ0v) is 16.4. The summed E-state index contributed by atoms with van der Waals surface area (Å²) in [6.07, 6.45) is 4.17. The van der Waals surface area contributed by atoms with Gasteiger partial charge in [-0.05, 0) is 37.0 Å². The minimum atomic E-state index is -0.303. The molecule has 0 unspecified atom stereocenters. The fraction of sp³-hybridized carbons (Fsp3) is 0.450. The molecule has 3 aromatic rings. The molecular weight excluding hydrogens is 364 g/mol. The SMILES string of the molecule is CCCn1c(=O)n(Cc2ccc(Cl)cc2)c(=O)c2c1nc(C1CCC1)n2C. The van der Waals surface area contributed by atoms with Gasteiger partial charge in [-0.3, -0.25) is 13.9 Å². The molecular formula is C20H23ClN4O2. The molecule has 0 saturated heterocycles. The van der Waals surface area contributed by atoms with Gasteiger partial charge in [0.25, 0.3) is 5.56 Å². The van der Waals surface area contributed by atoms with Crippen LogP contribution in [-0.2, 0) is 20.1 Å². The molecule has 0 bridgehead atoms. The minimum Gasteiger partial charge on any atom is -0.325 e. The third kappa shape index (κ3) is 3.02. The van der Waals surface area contributed by atoms with E-state index < -0.39 is 0 Å². The maximum absolute atomic E-state index is 13.2. The van der Waals surface area contributed by atoms with E-state index in [2.05, 4.69) is 0 Å². The van der Waals surface area contributed by atoms with Crippen molar-refractivity contribution in [2.45, 2.75) is 51.6 Å². The molecule has 0 amide bonds. The molecule has 4 rings (SSSR count). The van der Waals surface area contributed by atoms with Crippen LogP contribution >= 0.6 is 11.6 Å². The van der Waals surface area contributed by atoms with Crippen LogP contribution in [0.1, 0.15) is 49.9 Å². The lowest BCUT2D eigenvalue weighted by atomic mass is 9.85. The van der Waals surface area contributed by atoms with Gasteiger partial charge in [-0.15, -0.1) is 0 Å². The molecule has 0 N–H and O–H groups in total. The number of benzene rings is 1. The molecule has 1 aliphatic carbocycles. The van der Waals surface area contributed by atoms with Gasteiger partial charge in [-0.25, -0.2) is 9.78 Å². The van der Waals surface area contributed by atoms with Crippen LogP contribution in [0.5, 0.6) is 0 Å². The second-order valence-electron chi connectivity index (χ2n) is 7.28. The van der Waals surface area contributed by atoms with Crippen LogP contribution in [0, 0.1) is 0 Å². The molecule has 1 saturated carbocycles. The first-order chi connectivity index (χ1) is 13.0. The van der Waals surface area contributed by atoms with Crippen LogP contribution < -0.4 is 11.2 Å². The van der Waals surface area contributed by atoms with E-state index in [0.717, 1.165) is 30.7 Å². The van der Waals surface area contributed by atoms with E-state index in [1.54, 1.807) is 16.7 Å². The van der Waals surface area contributed by atoms with Crippen molar-refractivity contribution in [1.82, 2.24) is 18.7 Å². The Morgan fingerprint density at radius 1 is 1.15 bits per heavy atom. The molecule has 2 heterocycles. The quantitative estimate of drug-likeness (QED) is 0.676. The largest absolute Gasteiger partial charge is 0.333 e. The third-order valence-electron chi connectivity index (χ3n) is 5.45. The van der Waals surface area contributed by atoms with Gasteiger partial charge < -0.3 is 4.57 Å². The zero-order valence-electron chi connectivity index (χ0n) is 15.6. The number of aromatic nitrogens is 4. The van der Waals surface area contributed by atoms with Crippen LogP contribution in [0.2, 0.25) is 5.02 Å². The molecule has 0 aliphatic heterocycles. The first-order valence-corrected chi connectivity index (χ1v) is 9.83. The number of halogens is 1. The highest BCUT2D eigenvalue weighted by Crippen LogP contribution is 2.36. The van der Waals surface area contributed by atoms with Gasteiger partial charge in [0.2, 0.25) is 0 Å². The number of aryl methyl sites for hydroxylation is 2. The van der Waals surface area contributed by atoms with Gasteiger partial charge >= 0.3 is 5.69 Å². The highest BCUT2D eigenvalue weighted by molar-refractivity contribution is 6.30. The Kier molecular flexibility index (Phi) is 4.68. The monoisotopic (exact) mass is 386 g/mol. The van der Waals surface area contributed by atoms with Gasteiger partial charge in [0.1, 0.15) is 5.82 Å². The Bertz CT molecular complexity index is 1100. The molecule has 7 heteroatoms. The average molecular weight is 387 g/mol. The van der Waals surface area contributed by atoms with E-state index in [1.807, 2.05) is 30.7 Å². The number of rotatable bonds is 5. The fourth-order valence-electron chi connectivity index (χ4n) is 3.75. The normalized spacial score (nSPS) is 14.6. The molecule has 1 fully saturated rings. The predicted molar refractivity (Wildman–Crippen MR) is 107 cm³/mol. The van der Waals surface area contributed by atoms with Crippen molar-refractivity contribution in [3.8, 4) is 0 Å². The molecule has 1 aliphatic rings. The Hall–Kier alpha value is -2.34. The van der Waals surface area contributed by atoms with Crippen LogP contribution in [0.3, 0.4) is 0 Å². The summed E-state index contributed by atoms with van der Waals surface area (Å²) in [7, 11) is 1.89. The Balaban J connectivity index is 1.93. The van der Waals surface area contributed by atoms with Crippen LogP contribution in [0.25, 0.3) is 11.2 Å². The van der Waals surface area contributed by atoms with Gasteiger partial charge in [0, 0.05) is 24.5 Å². The highest BCUT2D eigenvalue weighted by Gasteiger charge is 2.27. The van der Waals surface area contributed by atoms with Crippen molar-refractivity contribution in [3.05, 3.63) is 61.5 Å². The van der Waals surface area contributed by atoms with Crippen LogP contribution in [-0.4, -0.2) is 18.7 Å². The summed E-state index contributed by atoms with van der Waals surface area (Å²) < 4.78 is 4.85. The molecule has 2 aromatic heterocycles. The van der Waals surface area contributed by atoms with Crippen LogP contribution in [0.15, 0.2) is 33.9 Å². The second-order valence-corrected chi connectivity index (χ2v) is 7.72. The molecule has 27 heavy (non-hydrogen) atoms. The summed E-state index contributed by atoms with van der Waals surface area (Å²) in [6, 6.07) is 7.21. The van der Waals surface area contributed by atoms with Crippen molar-refractivity contribution < 1.29 is 0 Å². The number of fused-ring (bicyclic) bond motifs is 1. The lowest BCUT2D eigenvalue weighted by Crippen LogP contribution is -2.40. The summed E-state index contributed by atoms with van der Waals surface area (Å²) in [4.78, 5) is 31.0. The summed E-state index contributed by atoms with van der Waals surface area (Å²) in [5, 5.41) is 0.627. The van der Waals surface area contributed by atoms with Crippen LogP contribution in [0.4, 0.5) is 0 Å². The zero-order chi connectivity index (χ0) is 19.1. The third-order valence-corrected chi connectivity index (χ3v) is 5.70. The standard InChI is InChI=1S/C20H23ClN4O2/c1-3-11-24-18-16(23(2)17(22-18)14-5-4-6-14)19(26)25(20(24)27)12-13-7-9-15(21)10-8-13/h7-10,14H,3-6,11-12H2,1-2H3. The van der Waals surface area contributed by atoms with Crippen molar-refractivity contribution >= 4 is 22.8 Å². The maximum atomic E-state index is 13.2. The molecule has 0 radical (unpaired) electrons.